The third-order valence-electron chi connectivity index (χ3n) is 4.04. The average molecular weight is 290 g/mol. The van der Waals surface area contributed by atoms with Crippen molar-refractivity contribution in [1.82, 2.24) is 10.2 Å². The van der Waals surface area contributed by atoms with Crippen LogP contribution in [0.2, 0.25) is 0 Å². The van der Waals surface area contributed by atoms with Gasteiger partial charge in [0.15, 0.2) is 0 Å². The lowest BCUT2D eigenvalue weighted by molar-refractivity contribution is -0.132. The van der Waals surface area contributed by atoms with Gasteiger partial charge in [0.2, 0.25) is 5.91 Å². The van der Waals surface area contributed by atoms with Gasteiger partial charge in [-0.05, 0) is 50.9 Å². The SMILES string of the molecule is COc1ccc(CC(=O)N(CC2CCCN2)C(C)C)cc1. The van der Waals surface area contributed by atoms with Crippen molar-refractivity contribution in [1.29, 1.82) is 0 Å². The molecule has 0 spiro atoms. The standard InChI is InChI=1S/C17H26N2O2/c1-13(2)19(12-15-5-4-10-18-15)17(20)11-14-6-8-16(21-3)9-7-14/h6-9,13,15,18H,4-5,10-12H2,1-3H3. The van der Waals surface area contributed by atoms with Crippen LogP contribution in [-0.4, -0.2) is 43.1 Å². The predicted octanol–water partition coefficient (Wildman–Crippen LogP) is 2.23. The van der Waals surface area contributed by atoms with E-state index in [1.165, 1.54) is 12.8 Å². The highest BCUT2D eigenvalue weighted by Gasteiger charge is 2.23. The Bertz CT molecular complexity index is 450. The molecule has 0 aliphatic carbocycles. The molecule has 1 fully saturated rings. The summed E-state index contributed by atoms with van der Waals surface area (Å²) in [5, 5.41) is 3.47. The van der Waals surface area contributed by atoms with Crippen molar-refractivity contribution in [3.05, 3.63) is 29.8 Å². The molecule has 1 N–H and O–H groups in total. The first-order valence-corrected chi connectivity index (χ1v) is 7.76. The molecule has 1 heterocycles. The van der Waals surface area contributed by atoms with Crippen LogP contribution in [0.15, 0.2) is 24.3 Å². The van der Waals surface area contributed by atoms with Crippen molar-refractivity contribution in [2.75, 3.05) is 20.2 Å². The first kappa shape index (κ1) is 15.8. The van der Waals surface area contributed by atoms with Crippen molar-refractivity contribution in [3.63, 3.8) is 0 Å². The third kappa shape index (κ3) is 4.46. The zero-order valence-corrected chi connectivity index (χ0v) is 13.3. The van der Waals surface area contributed by atoms with E-state index in [0.717, 1.165) is 24.4 Å². The van der Waals surface area contributed by atoms with Crippen molar-refractivity contribution in [2.24, 2.45) is 0 Å². The quantitative estimate of drug-likeness (QED) is 0.873. The molecule has 1 aliphatic heterocycles. The molecule has 0 bridgehead atoms. The van der Waals surface area contributed by atoms with Crippen LogP contribution in [0.4, 0.5) is 0 Å². The van der Waals surface area contributed by atoms with E-state index in [-0.39, 0.29) is 11.9 Å². The summed E-state index contributed by atoms with van der Waals surface area (Å²) in [5.74, 6) is 1.02. The van der Waals surface area contributed by atoms with Gasteiger partial charge < -0.3 is 15.0 Å². The van der Waals surface area contributed by atoms with Gasteiger partial charge in [-0.15, -0.1) is 0 Å². The van der Waals surface area contributed by atoms with E-state index in [2.05, 4.69) is 19.2 Å². The van der Waals surface area contributed by atoms with Crippen LogP contribution >= 0.6 is 0 Å². The van der Waals surface area contributed by atoms with Crippen molar-refractivity contribution in [2.45, 2.75) is 45.2 Å². The summed E-state index contributed by atoms with van der Waals surface area (Å²) in [6.45, 7) is 6.05. The van der Waals surface area contributed by atoms with Crippen LogP contribution in [0.25, 0.3) is 0 Å². The Morgan fingerprint density at radius 3 is 2.62 bits per heavy atom. The molecule has 1 saturated heterocycles. The van der Waals surface area contributed by atoms with Gasteiger partial charge in [-0.2, -0.15) is 0 Å². The maximum atomic E-state index is 12.6. The molecule has 4 heteroatoms. The lowest BCUT2D eigenvalue weighted by atomic mass is 10.1. The summed E-state index contributed by atoms with van der Waals surface area (Å²) >= 11 is 0. The van der Waals surface area contributed by atoms with Crippen LogP contribution in [0.5, 0.6) is 5.75 Å². The summed E-state index contributed by atoms with van der Waals surface area (Å²) in [7, 11) is 1.65. The molecule has 1 aromatic carbocycles. The molecule has 1 amide bonds. The first-order valence-electron chi connectivity index (χ1n) is 7.76. The number of benzene rings is 1. The van der Waals surface area contributed by atoms with Crippen molar-refractivity contribution >= 4 is 5.91 Å². The van der Waals surface area contributed by atoms with Gasteiger partial charge in [0.25, 0.3) is 0 Å². The highest BCUT2D eigenvalue weighted by molar-refractivity contribution is 5.79. The molecule has 0 radical (unpaired) electrons. The van der Waals surface area contributed by atoms with E-state index in [1.807, 2.05) is 29.2 Å². The molecule has 1 aromatic rings. The summed E-state index contributed by atoms with van der Waals surface area (Å²) in [6.07, 6.45) is 2.83. The van der Waals surface area contributed by atoms with Gasteiger partial charge in [-0.1, -0.05) is 12.1 Å². The molecule has 1 unspecified atom stereocenters. The highest BCUT2D eigenvalue weighted by atomic mass is 16.5. The van der Waals surface area contributed by atoms with Crippen molar-refractivity contribution in [3.8, 4) is 5.75 Å². The Hall–Kier alpha value is -1.55. The van der Waals surface area contributed by atoms with Crippen LogP contribution in [0.1, 0.15) is 32.3 Å². The fraction of sp³-hybridized carbons (Fsp3) is 0.588. The monoisotopic (exact) mass is 290 g/mol. The lowest BCUT2D eigenvalue weighted by Crippen LogP contribution is -2.45. The van der Waals surface area contributed by atoms with E-state index < -0.39 is 0 Å². The number of hydrogen-bond acceptors (Lipinski definition) is 3. The summed E-state index contributed by atoms with van der Waals surface area (Å²) in [4.78, 5) is 14.6. The minimum Gasteiger partial charge on any atom is -0.497 e. The van der Waals surface area contributed by atoms with Crippen LogP contribution < -0.4 is 10.1 Å². The lowest BCUT2D eigenvalue weighted by Gasteiger charge is -2.29. The van der Waals surface area contributed by atoms with Crippen molar-refractivity contribution < 1.29 is 9.53 Å². The minimum absolute atomic E-state index is 0.198. The Balaban J connectivity index is 1.96. The molecule has 2 rings (SSSR count). The predicted molar refractivity (Wildman–Crippen MR) is 84.6 cm³/mol. The largest absolute Gasteiger partial charge is 0.497 e. The molecular weight excluding hydrogens is 264 g/mol. The Morgan fingerprint density at radius 2 is 2.10 bits per heavy atom. The number of amides is 1. The minimum atomic E-state index is 0.198. The number of ether oxygens (including phenoxy) is 1. The van der Waals surface area contributed by atoms with E-state index in [0.29, 0.717) is 12.5 Å². The second-order valence-electron chi connectivity index (χ2n) is 5.96. The van der Waals surface area contributed by atoms with E-state index in [9.17, 15) is 4.79 Å². The number of hydrogen-bond donors (Lipinski definition) is 1. The highest BCUT2D eigenvalue weighted by Crippen LogP contribution is 2.14. The van der Waals surface area contributed by atoms with Crippen LogP contribution in [0.3, 0.4) is 0 Å². The zero-order valence-electron chi connectivity index (χ0n) is 13.3. The smallest absolute Gasteiger partial charge is 0.227 e. The normalized spacial score (nSPS) is 18.0. The Labute approximate surface area is 127 Å². The van der Waals surface area contributed by atoms with Gasteiger partial charge in [0.1, 0.15) is 5.75 Å². The molecule has 4 nitrogen and oxygen atoms in total. The third-order valence-corrected chi connectivity index (χ3v) is 4.04. The molecule has 21 heavy (non-hydrogen) atoms. The fourth-order valence-corrected chi connectivity index (χ4v) is 2.77. The summed E-state index contributed by atoms with van der Waals surface area (Å²) in [5.41, 5.74) is 1.03. The molecule has 1 aliphatic rings. The van der Waals surface area contributed by atoms with Gasteiger partial charge in [0, 0.05) is 18.6 Å². The number of nitrogens with zero attached hydrogens (tertiary/aromatic N) is 1. The van der Waals surface area contributed by atoms with Gasteiger partial charge in [-0.3, -0.25) is 4.79 Å². The first-order chi connectivity index (χ1) is 10.1. The van der Waals surface area contributed by atoms with Gasteiger partial charge >= 0.3 is 0 Å². The summed E-state index contributed by atoms with van der Waals surface area (Å²) < 4.78 is 5.14. The van der Waals surface area contributed by atoms with Gasteiger partial charge in [-0.25, -0.2) is 0 Å². The second-order valence-corrected chi connectivity index (χ2v) is 5.96. The number of methoxy groups -OCH3 is 1. The molecule has 0 aromatic heterocycles. The molecule has 1 atom stereocenters. The number of nitrogens with one attached hydrogen (secondary N) is 1. The van der Waals surface area contributed by atoms with Crippen LogP contribution in [0, 0.1) is 0 Å². The number of carbonyl (C=O) groups is 1. The fourth-order valence-electron chi connectivity index (χ4n) is 2.77. The number of carbonyl (C=O) groups excluding carboxylic acids is 1. The molecular formula is C17H26N2O2. The molecule has 0 saturated carbocycles. The number of rotatable bonds is 6. The Kier molecular flexibility index (Phi) is 5.62. The molecule has 116 valence electrons. The Morgan fingerprint density at radius 1 is 1.38 bits per heavy atom. The zero-order chi connectivity index (χ0) is 15.2. The van der Waals surface area contributed by atoms with E-state index >= 15 is 0 Å². The maximum absolute atomic E-state index is 12.6. The maximum Gasteiger partial charge on any atom is 0.227 e. The van der Waals surface area contributed by atoms with E-state index in [1.54, 1.807) is 7.11 Å². The van der Waals surface area contributed by atoms with Gasteiger partial charge in [0.05, 0.1) is 13.5 Å². The average Bonchev–Trinajstić information content (AvgIpc) is 2.98. The van der Waals surface area contributed by atoms with Crippen LogP contribution in [-0.2, 0) is 11.2 Å². The van der Waals surface area contributed by atoms with E-state index in [4.69, 9.17) is 4.74 Å². The second kappa shape index (κ2) is 7.46. The topological polar surface area (TPSA) is 41.6 Å². The summed E-state index contributed by atoms with van der Waals surface area (Å²) in [6, 6.07) is 8.42.